The SMILES string of the molecule is Cc1nn(C)cc1-c1nc2nc(Cl)c(Cl)cc2[nH]1. The Hall–Kier alpha value is -1.59. The van der Waals surface area contributed by atoms with Crippen LogP contribution in [0.3, 0.4) is 0 Å². The average Bonchev–Trinajstić information content (AvgIpc) is 2.82. The van der Waals surface area contributed by atoms with Crippen molar-refractivity contribution in [3.8, 4) is 11.4 Å². The Morgan fingerprint density at radius 2 is 2.06 bits per heavy atom. The first-order valence-electron chi connectivity index (χ1n) is 5.27. The maximum Gasteiger partial charge on any atom is 0.179 e. The second-order valence-corrected chi connectivity index (χ2v) is 4.78. The van der Waals surface area contributed by atoms with Gasteiger partial charge in [-0.15, -0.1) is 0 Å². The molecule has 7 heteroatoms. The first-order valence-corrected chi connectivity index (χ1v) is 6.02. The zero-order chi connectivity index (χ0) is 12.9. The number of halogens is 2. The van der Waals surface area contributed by atoms with Gasteiger partial charge in [0.1, 0.15) is 11.0 Å². The van der Waals surface area contributed by atoms with Crippen LogP contribution in [0.4, 0.5) is 0 Å². The van der Waals surface area contributed by atoms with Crippen molar-refractivity contribution in [3.05, 3.63) is 28.1 Å². The summed E-state index contributed by atoms with van der Waals surface area (Å²) in [5.74, 6) is 0.710. The summed E-state index contributed by atoms with van der Waals surface area (Å²) in [6.07, 6.45) is 1.90. The van der Waals surface area contributed by atoms with E-state index in [0.29, 0.717) is 16.5 Å². The van der Waals surface area contributed by atoms with E-state index in [4.69, 9.17) is 23.2 Å². The first-order chi connectivity index (χ1) is 8.54. The highest BCUT2D eigenvalue weighted by Crippen LogP contribution is 2.26. The molecule has 18 heavy (non-hydrogen) atoms. The van der Waals surface area contributed by atoms with Crippen LogP contribution in [0.25, 0.3) is 22.6 Å². The van der Waals surface area contributed by atoms with Gasteiger partial charge in [-0.05, 0) is 13.0 Å². The third-order valence-corrected chi connectivity index (χ3v) is 3.33. The van der Waals surface area contributed by atoms with Gasteiger partial charge >= 0.3 is 0 Å². The molecule has 3 rings (SSSR count). The fourth-order valence-corrected chi connectivity index (χ4v) is 2.14. The molecule has 0 saturated carbocycles. The van der Waals surface area contributed by atoms with E-state index in [0.717, 1.165) is 16.8 Å². The molecule has 0 aliphatic rings. The van der Waals surface area contributed by atoms with Gasteiger partial charge in [0.2, 0.25) is 0 Å². The van der Waals surface area contributed by atoms with Crippen LogP contribution in [0, 0.1) is 6.92 Å². The van der Waals surface area contributed by atoms with Gasteiger partial charge in [0.15, 0.2) is 5.65 Å². The molecule has 3 aromatic rings. The summed E-state index contributed by atoms with van der Waals surface area (Å²) < 4.78 is 1.74. The molecule has 0 fully saturated rings. The molecule has 0 atom stereocenters. The predicted octanol–water partition coefficient (Wildman–Crippen LogP) is 2.97. The van der Waals surface area contributed by atoms with Gasteiger partial charge in [-0.3, -0.25) is 4.68 Å². The maximum absolute atomic E-state index is 5.92. The molecule has 3 heterocycles. The van der Waals surface area contributed by atoms with E-state index in [-0.39, 0.29) is 5.15 Å². The van der Waals surface area contributed by atoms with E-state index < -0.39 is 0 Å². The lowest BCUT2D eigenvalue weighted by Crippen LogP contribution is -1.86. The van der Waals surface area contributed by atoms with E-state index in [1.54, 1.807) is 10.7 Å². The monoisotopic (exact) mass is 281 g/mol. The summed E-state index contributed by atoms with van der Waals surface area (Å²) in [6.45, 7) is 1.93. The predicted molar refractivity (Wildman–Crippen MR) is 70.8 cm³/mol. The van der Waals surface area contributed by atoms with E-state index in [1.165, 1.54) is 0 Å². The molecular formula is C11H9Cl2N5. The topological polar surface area (TPSA) is 59.4 Å². The number of aryl methyl sites for hydroxylation is 2. The molecule has 0 aromatic carbocycles. The Balaban J connectivity index is 2.22. The van der Waals surface area contributed by atoms with Gasteiger partial charge in [-0.2, -0.15) is 5.10 Å². The fourth-order valence-electron chi connectivity index (χ4n) is 1.86. The highest BCUT2D eigenvalue weighted by Gasteiger charge is 2.13. The molecule has 0 saturated heterocycles. The van der Waals surface area contributed by atoms with Gasteiger partial charge in [-0.1, -0.05) is 23.2 Å². The number of aromatic amines is 1. The Morgan fingerprint density at radius 1 is 1.28 bits per heavy atom. The van der Waals surface area contributed by atoms with Crippen LogP contribution in [-0.4, -0.2) is 24.7 Å². The number of nitrogens with zero attached hydrogens (tertiary/aromatic N) is 4. The Morgan fingerprint density at radius 3 is 2.72 bits per heavy atom. The second-order valence-electron chi connectivity index (χ2n) is 4.02. The molecule has 5 nitrogen and oxygen atoms in total. The molecule has 1 N–H and O–H groups in total. The van der Waals surface area contributed by atoms with Crippen molar-refractivity contribution in [2.75, 3.05) is 0 Å². The molecule has 0 radical (unpaired) electrons. The zero-order valence-corrected chi connectivity index (χ0v) is 11.2. The number of hydrogen-bond acceptors (Lipinski definition) is 3. The van der Waals surface area contributed by atoms with Crippen molar-refractivity contribution in [2.45, 2.75) is 6.92 Å². The molecule has 0 spiro atoms. The van der Waals surface area contributed by atoms with Crippen molar-refractivity contribution in [1.82, 2.24) is 24.7 Å². The third-order valence-electron chi connectivity index (χ3n) is 2.65. The lowest BCUT2D eigenvalue weighted by atomic mass is 10.2. The highest BCUT2D eigenvalue weighted by molar-refractivity contribution is 6.41. The molecule has 0 aliphatic heterocycles. The molecule has 92 valence electrons. The lowest BCUT2D eigenvalue weighted by molar-refractivity contribution is 0.756. The second kappa shape index (κ2) is 3.96. The summed E-state index contributed by atoms with van der Waals surface area (Å²) in [5.41, 5.74) is 3.13. The molecule has 0 amide bonds. The number of hydrogen-bond donors (Lipinski definition) is 1. The number of imidazole rings is 1. The molecule has 0 aliphatic carbocycles. The summed E-state index contributed by atoms with van der Waals surface area (Å²) >= 11 is 11.8. The molecule has 3 aromatic heterocycles. The standard InChI is InChI=1S/C11H9Cl2N5/c1-5-6(4-18(2)17-5)10-14-8-3-7(12)9(13)15-11(8)16-10/h3-4H,1-2H3,(H,14,15,16). The fraction of sp³-hybridized carbons (Fsp3) is 0.182. The average molecular weight is 282 g/mol. The highest BCUT2D eigenvalue weighted by atomic mass is 35.5. The van der Waals surface area contributed by atoms with E-state index in [9.17, 15) is 0 Å². The number of rotatable bonds is 1. The van der Waals surface area contributed by atoms with E-state index in [2.05, 4.69) is 20.1 Å². The Labute approximate surface area is 113 Å². The Kier molecular flexibility index (Phi) is 2.53. The quantitative estimate of drug-likeness (QED) is 0.698. The number of pyridine rings is 1. The normalized spacial score (nSPS) is 11.3. The van der Waals surface area contributed by atoms with E-state index >= 15 is 0 Å². The largest absolute Gasteiger partial charge is 0.336 e. The Bertz CT molecular complexity index is 704. The summed E-state index contributed by atoms with van der Waals surface area (Å²) in [7, 11) is 1.87. The van der Waals surface area contributed by atoms with Crippen molar-refractivity contribution < 1.29 is 0 Å². The first kappa shape index (κ1) is 11.5. The molecule has 0 bridgehead atoms. The van der Waals surface area contributed by atoms with Crippen molar-refractivity contribution >= 4 is 34.4 Å². The smallest absolute Gasteiger partial charge is 0.179 e. The van der Waals surface area contributed by atoms with Crippen LogP contribution < -0.4 is 0 Å². The van der Waals surface area contributed by atoms with Crippen molar-refractivity contribution in [3.63, 3.8) is 0 Å². The molecule has 0 unspecified atom stereocenters. The number of H-pyrrole nitrogens is 1. The van der Waals surface area contributed by atoms with Crippen LogP contribution >= 0.6 is 23.2 Å². The zero-order valence-electron chi connectivity index (χ0n) is 9.70. The summed E-state index contributed by atoms with van der Waals surface area (Å²) in [6, 6.07) is 1.72. The third kappa shape index (κ3) is 1.76. The maximum atomic E-state index is 5.92. The van der Waals surface area contributed by atoms with Crippen LogP contribution in [-0.2, 0) is 7.05 Å². The van der Waals surface area contributed by atoms with Crippen LogP contribution in [0.2, 0.25) is 10.2 Å². The van der Waals surface area contributed by atoms with E-state index in [1.807, 2.05) is 20.2 Å². The number of aromatic nitrogens is 5. The van der Waals surface area contributed by atoms with Crippen molar-refractivity contribution in [1.29, 1.82) is 0 Å². The summed E-state index contributed by atoms with van der Waals surface area (Å²) in [5, 5.41) is 4.94. The van der Waals surface area contributed by atoms with Crippen LogP contribution in [0.15, 0.2) is 12.3 Å². The van der Waals surface area contributed by atoms with Gasteiger partial charge < -0.3 is 4.98 Å². The van der Waals surface area contributed by atoms with Gasteiger partial charge in [0.05, 0.1) is 21.8 Å². The number of fused-ring (bicyclic) bond motifs is 1. The minimum Gasteiger partial charge on any atom is -0.336 e. The molecular weight excluding hydrogens is 273 g/mol. The summed E-state index contributed by atoms with van der Waals surface area (Å²) in [4.78, 5) is 11.7. The van der Waals surface area contributed by atoms with Gasteiger partial charge in [0.25, 0.3) is 0 Å². The minimum atomic E-state index is 0.255. The van der Waals surface area contributed by atoms with Gasteiger partial charge in [-0.25, -0.2) is 9.97 Å². The van der Waals surface area contributed by atoms with Crippen LogP contribution in [0.5, 0.6) is 0 Å². The van der Waals surface area contributed by atoms with Gasteiger partial charge in [0, 0.05) is 13.2 Å². The number of nitrogens with one attached hydrogen (secondary N) is 1. The lowest BCUT2D eigenvalue weighted by Gasteiger charge is -1.92. The van der Waals surface area contributed by atoms with Crippen LogP contribution in [0.1, 0.15) is 5.69 Å². The van der Waals surface area contributed by atoms with Crippen molar-refractivity contribution in [2.24, 2.45) is 7.05 Å². The minimum absolute atomic E-state index is 0.255.